The van der Waals surface area contributed by atoms with Crippen LogP contribution in [0.25, 0.3) is 0 Å². The van der Waals surface area contributed by atoms with Gasteiger partial charge in [0.15, 0.2) is 0 Å². The average molecular weight is 541 g/mol. The molecule has 0 aromatic heterocycles. The van der Waals surface area contributed by atoms with E-state index in [1.54, 1.807) is 69.0 Å². The number of likely N-dealkylation sites (tertiary alicyclic amines) is 1. The van der Waals surface area contributed by atoms with Gasteiger partial charge in [-0.1, -0.05) is 61.2 Å². The van der Waals surface area contributed by atoms with Crippen molar-refractivity contribution < 1.29 is 29.0 Å². The van der Waals surface area contributed by atoms with Crippen molar-refractivity contribution in [1.82, 2.24) is 10.2 Å². The van der Waals surface area contributed by atoms with Gasteiger partial charge < -0.3 is 20.1 Å². The number of nitrogens with one attached hydrogen (secondary N) is 1. The van der Waals surface area contributed by atoms with Gasteiger partial charge in [0.2, 0.25) is 16.9 Å². The van der Waals surface area contributed by atoms with Crippen LogP contribution >= 0.6 is 11.8 Å². The second kappa shape index (κ2) is 13.0. The van der Waals surface area contributed by atoms with Crippen LogP contribution in [-0.2, 0) is 25.5 Å². The number of carbonyl (C=O) groups is 4. The van der Waals surface area contributed by atoms with Crippen LogP contribution in [0.15, 0.2) is 54.6 Å². The van der Waals surface area contributed by atoms with Crippen LogP contribution in [0.2, 0.25) is 0 Å². The van der Waals surface area contributed by atoms with Gasteiger partial charge >= 0.3 is 5.97 Å². The summed E-state index contributed by atoms with van der Waals surface area (Å²) < 4.78 is 5.54. The first kappa shape index (κ1) is 29.2. The van der Waals surface area contributed by atoms with Crippen LogP contribution in [0, 0.1) is 5.92 Å². The highest BCUT2D eigenvalue weighted by Crippen LogP contribution is 2.24. The molecule has 1 heterocycles. The molecule has 2 aromatic rings. The molecule has 8 nitrogen and oxygen atoms in total. The zero-order valence-electron chi connectivity index (χ0n) is 22.3. The fourth-order valence-electron chi connectivity index (χ4n) is 4.22. The second-order valence-electron chi connectivity index (χ2n) is 10.5. The van der Waals surface area contributed by atoms with Crippen molar-refractivity contribution in [3.05, 3.63) is 65.7 Å². The van der Waals surface area contributed by atoms with E-state index in [1.807, 2.05) is 6.07 Å². The van der Waals surface area contributed by atoms with E-state index < -0.39 is 35.5 Å². The van der Waals surface area contributed by atoms with E-state index >= 15 is 0 Å². The number of aromatic hydroxyl groups is 1. The van der Waals surface area contributed by atoms with Gasteiger partial charge in [0, 0.05) is 30.2 Å². The van der Waals surface area contributed by atoms with Crippen molar-refractivity contribution in [3.63, 3.8) is 0 Å². The molecule has 1 fully saturated rings. The van der Waals surface area contributed by atoms with E-state index in [2.05, 4.69) is 5.32 Å². The molecule has 3 atom stereocenters. The summed E-state index contributed by atoms with van der Waals surface area (Å²) in [6.07, 6.45) is 1.33. The number of nitrogens with zero attached hydrogens (tertiary/aromatic N) is 1. The van der Waals surface area contributed by atoms with E-state index in [-0.39, 0.29) is 23.2 Å². The van der Waals surface area contributed by atoms with Gasteiger partial charge in [0.25, 0.3) is 0 Å². The molecule has 1 aliphatic rings. The van der Waals surface area contributed by atoms with Crippen LogP contribution in [0.3, 0.4) is 0 Å². The quantitative estimate of drug-likeness (QED) is 0.463. The molecule has 204 valence electrons. The highest BCUT2D eigenvalue weighted by Gasteiger charge is 2.38. The topological polar surface area (TPSA) is 113 Å². The van der Waals surface area contributed by atoms with E-state index in [1.165, 1.54) is 12.1 Å². The molecule has 2 amide bonds. The van der Waals surface area contributed by atoms with Gasteiger partial charge in [0.05, 0.1) is 0 Å². The number of hydrogen-bond acceptors (Lipinski definition) is 7. The number of benzene rings is 2. The van der Waals surface area contributed by atoms with Gasteiger partial charge in [-0.25, -0.2) is 4.79 Å². The first-order valence-electron chi connectivity index (χ1n) is 12.8. The Labute approximate surface area is 228 Å². The molecule has 0 saturated carbocycles. The lowest BCUT2D eigenvalue weighted by Gasteiger charge is -2.29. The molecule has 3 rings (SSSR count). The number of ether oxygens (including phenoxy) is 1. The van der Waals surface area contributed by atoms with Crippen molar-refractivity contribution in [2.45, 2.75) is 64.6 Å². The van der Waals surface area contributed by atoms with Crippen LogP contribution in [0.1, 0.15) is 56.5 Å². The minimum atomic E-state index is -0.958. The maximum Gasteiger partial charge on any atom is 0.329 e. The number of amides is 2. The Hall–Kier alpha value is -3.33. The monoisotopic (exact) mass is 540 g/mol. The number of phenolic OH excluding ortho intramolecular Hbond substituents is 1. The van der Waals surface area contributed by atoms with E-state index in [4.69, 9.17) is 4.74 Å². The predicted octanol–water partition coefficient (Wildman–Crippen LogP) is 3.96. The summed E-state index contributed by atoms with van der Waals surface area (Å²) in [5, 5.41) is 12.3. The minimum absolute atomic E-state index is 0.101. The van der Waals surface area contributed by atoms with E-state index in [0.717, 1.165) is 17.3 Å². The zero-order chi connectivity index (χ0) is 27.9. The Balaban J connectivity index is 1.65. The number of phenols is 1. The highest BCUT2D eigenvalue weighted by molar-refractivity contribution is 8.14. The van der Waals surface area contributed by atoms with Gasteiger partial charge in [0.1, 0.15) is 23.4 Å². The van der Waals surface area contributed by atoms with Gasteiger partial charge in [-0.3, -0.25) is 14.4 Å². The van der Waals surface area contributed by atoms with Crippen LogP contribution in [0.4, 0.5) is 0 Å². The number of carbonyl (C=O) groups excluding carboxylic acids is 4. The van der Waals surface area contributed by atoms with Crippen molar-refractivity contribution in [2.75, 3.05) is 12.3 Å². The zero-order valence-corrected chi connectivity index (χ0v) is 23.1. The minimum Gasteiger partial charge on any atom is -0.508 e. The highest BCUT2D eigenvalue weighted by atomic mass is 32.2. The molecule has 38 heavy (non-hydrogen) atoms. The third kappa shape index (κ3) is 8.34. The van der Waals surface area contributed by atoms with Crippen molar-refractivity contribution in [3.8, 4) is 5.75 Å². The lowest BCUT2D eigenvalue weighted by atomic mass is 10.0. The third-order valence-corrected chi connectivity index (χ3v) is 7.28. The Morgan fingerprint density at radius 3 is 2.37 bits per heavy atom. The lowest BCUT2D eigenvalue weighted by Crippen LogP contribution is -2.53. The predicted molar refractivity (Wildman–Crippen MR) is 147 cm³/mol. The maximum absolute atomic E-state index is 13.3. The molecular formula is C29H36N2O6S. The van der Waals surface area contributed by atoms with Crippen LogP contribution in [-0.4, -0.2) is 62.9 Å². The summed E-state index contributed by atoms with van der Waals surface area (Å²) in [5.41, 5.74) is 0.582. The Bertz CT molecular complexity index is 1130. The molecule has 0 radical (unpaired) electrons. The van der Waals surface area contributed by atoms with Crippen LogP contribution in [0.5, 0.6) is 5.75 Å². The molecule has 1 unspecified atom stereocenters. The molecule has 1 aliphatic heterocycles. The standard InChI is InChI=1S/C29H36N2O6S/c1-19(18-38-28(36)21-9-6-5-7-10-21)26(34)31-16-8-11-24(31)25(33)30-23(27(35)37-29(2,3)4)17-20-12-14-22(32)15-13-20/h5-7,9-10,12-15,19,23-24,32H,8,11,16-18H2,1-4H3,(H,30,33)/t19?,23-,24-/m0/s1. The molecule has 1 saturated heterocycles. The largest absolute Gasteiger partial charge is 0.508 e. The fourth-order valence-corrected chi connectivity index (χ4v) is 5.06. The van der Waals surface area contributed by atoms with Crippen molar-refractivity contribution in [1.29, 1.82) is 0 Å². The number of hydrogen-bond donors (Lipinski definition) is 2. The average Bonchev–Trinajstić information content (AvgIpc) is 3.37. The normalized spacial score (nSPS) is 16.9. The molecule has 2 aromatic carbocycles. The third-order valence-electron chi connectivity index (χ3n) is 6.12. The number of rotatable bonds is 9. The second-order valence-corrected chi connectivity index (χ2v) is 11.5. The fraction of sp³-hybridized carbons (Fsp3) is 0.448. The van der Waals surface area contributed by atoms with Crippen molar-refractivity contribution in [2.24, 2.45) is 5.92 Å². The smallest absolute Gasteiger partial charge is 0.329 e. The molecule has 0 bridgehead atoms. The summed E-state index contributed by atoms with van der Waals surface area (Å²) in [6, 6.07) is 13.6. The van der Waals surface area contributed by atoms with E-state index in [9.17, 15) is 24.3 Å². The molecule has 2 N–H and O–H groups in total. The summed E-state index contributed by atoms with van der Waals surface area (Å²) in [6.45, 7) is 7.46. The lowest BCUT2D eigenvalue weighted by molar-refractivity contribution is -0.159. The Kier molecular flexibility index (Phi) is 9.96. The van der Waals surface area contributed by atoms with E-state index in [0.29, 0.717) is 30.7 Å². The van der Waals surface area contributed by atoms with Gasteiger partial charge in [-0.15, -0.1) is 0 Å². The van der Waals surface area contributed by atoms with Crippen LogP contribution < -0.4 is 5.32 Å². The number of esters is 1. The van der Waals surface area contributed by atoms with Crippen molar-refractivity contribution >= 4 is 34.7 Å². The summed E-state index contributed by atoms with van der Waals surface area (Å²) >= 11 is 1.09. The molecule has 9 heteroatoms. The van der Waals surface area contributed by atoms with Gasteiger partial charge in [-0.05, 0) is 51.3 Å². The molecular weight excluding hydrogens is 504 g/mol. The summed E-state index contributed by atoms with van der Waals surface area (Å²) in [7, 11) is 0. The summed E-state index contributed by atoms with van der Waals surface area (Å²) in [4.78, 5) is 53.6. The Morgan fingerprint density at radius 1 is 1.08 bits per heavy atom. The molecule has 0 aliphatic carbocycles. The SMILES string of the molecule is CC(CSC(=O)c1ccccc1)C(=O)N1CCC[C@H]1C(=O)N[C@@H](Cc1ccc(O)cc1)C(=O)OC(C)(C)C. The summed E-state index contributed by atoms with van der Waals surface area (Å²) in [5.74, 6) is -1.23. The Morgan fingerprint density at radius 2 is 1.74 bits per heavy atom. The first-order chi connectivity index (χ1) is 17.9. The molecule has 0 spiro atoms. The maximum atomic E-state index is 13.3. The number of thioether (sulfide) groups is 1. The first-order valence-corrected chi connectivity index (χ1v) is 13.8. The van der Waals surface area contributed by atoms with Gasteiger partial charge in [-0.2, -0.15) is 0 Å².